The number of halogens is 1. The van der Waals surface area contributed by atoms with E-state index in [4.69, 9.17) is 20.9 Å². The highest BCUT2D eigenvalue weighted by molar-refractivity contribution is 6.31. The monoisotopic (exact) mass is 359 g/mol. The van der Waals surface area contributed by atoms with Crippen LogP contribution in [0.25, 0.3) is 5.57 Å². The smallest absolute Gasteiger partial charge is 0.315 e. The van der Waals surface area contributed by atoms with Crippen molar-refractivity contribution in [2.24, 2.45) is 10.9 Å². The number of aromatic nitrogens is 2. The van der Waals surface area contributed by atoms with E-state index in [1.54, 1.807) is 13.0 Å². The molecule has 0 saturated heterocycles. The highest BCUT2D eigenvalue weighted by atomic mass is 35.5. The topological polar surface area (TPSA) is 77.6 Å². The molecule has 6 nitrogen and oxygen atoms in total. The minimum Gasteiger partial charge on any atom is -0.468 e. The largest absolute Gasteiger partial charge is 0.468 e. The molecule has 2 atom stereocenters. The Balaban J connectivity index is 2.26. The molecule has 2 unspecified atom stereocenters. The van der Waals surface area contributed by atoms with Crippen molar-refractivity contribution >= 4 is 28.9 Å². The van der Waals surface area contributed by atoms with E-state index in [-0.39, 0.29) is 5.97 Å². The SMILES string of the molecule is COC(=O)C1C(C)=NC(C)=C(c2noc(C)n2)C1c1ccccc1Cl. The Morgan fingerprint density at radius 2 is 1.96 bits per heavy atom. The number of esters is 1. The van der Waals surface area contributed by atoms with Crippen LogP contribution in [0.3, 0.4) is 0 Å². The van der Waals surface area contributed by atoms with E-state index in [2.05, 4.69) is 15.1 Å². The van der Waals surface area contributed by atoms with Crippen LogP contribution in [-0.2, 0) is 9.53 Å². The highest BCUT2D eigenvalue weighted by Gasteiger charge is 2.41. The number of hydrogen-bond donors (Lipinski definition) is 0. The van der Waals surface area contributed by atoms with Gasteiger partial charge in [-0.05, 0) is 25.5 Å². The van der Waals surface area contributed by atoms with Gasteiger partial charge >= 0.3 is 5.97 Å². The second-order valence-electron chi connectivity index (χ2n) is 5.89. The number of methoxy groups -OCH3 is 1. The van der Waals surface area contributed by atoms with Crippen molar-refractivity contribution in [2.45, 2.75) is 26.7 Å². The molecule has 7 heteroatoms. The minimum absolute atomic E-state index is 0.378. The molecule has 1 aromatic carbocycles. The quantitative estimate of drug-likeness (QED) is 0.779. The zero-order valence-corrected chi connectivity index (χ0v) is 15.2. The average Bonchev–Trinajstić information content (AvgIpc) is 3.00. The molecule has 0 N–H and O–H groups in total. The second-order valence-corrected chi connectivity index (χ2v) is 6.30. The Morgan fingerprint density at radius 1 is 1.24 bits per heavy atom. The van der Waals surface area contributed by atoms with Crippen molar-refractivity contribution in [3.05, 3.63) is 52.3 Å². The lowest BCUT2D eigenvalue weighted by Crippen LogP contribution is -2.33. The predicted octanol–water partition coefficient (Wildman–Crippen LogP) is 3.81. The van der Waals surface area contributed by atoms with Crippen LogP contribution in [0.15, 0.2) is 39.5 Å². The molecule has 0 amide bonds. The van der Waals surface area contributed by atoms with Gasteiger partial charge in [0.2, 0.25) is 11.7 Å². The summed E-state index contributed by atoms with van der Waals surface area (Å²) in [5, 5.41) is 4.59. The molecular weight excluding hydrogens is 342 g/mol. The Morgan fingerprint density at radius 3 is 2.56 bits per heavy atom. The Hall–Kier alpha value is -2.47. The van der Waals surface area contributed by atoms with Crippen LogP contribution in [0, 0.1) is 12.8 Å². The third kappa shape index (κ3) is 3.09. The highest BCUT2D eigenvalue weighted by Crippen LogP contribution is 2.45. The van der Waals surface area contributed by atoms with Crippen LogP contribution in [0.5, 0.6) is 0 Å². The van der Waals surface area contributed by atoms with Crippen LogP contribution >= 0.6 is 11.6 Å². The molecule has 130 valence electrons. The van der Waals surface area contributed by atoms with Crippen LogP contribution < -0.4 is 0 Å². The molecule has 0 saturated carbocycles. The van der Waals surface area contributed by atoms with Gasteiger partial charge in [0.1, 0.15) is 5.92 Å². The maximum Gasteiger partial charge on any atom is 0.315 e. The summed E-state index contributed by atoms with van der Waals surface area (Å²) < 4.78 is 10.2. The molecular formula is C18H18ClN3O3. The Bertz CT molecular complexity index is 885. The third-order valence-electron chi connectivity index (χ3n) is 4.29. The zero-order chi connectivity index (χ0) is 18.1. The molecule has 1 aromatic heterocycles. The van der Waals surface area contributed by atoms with Crippen molar-refractivity contribution in [2.75, 3.05) is 7.11 Å². The van der Waals surface area contributed by atoms with Gasteiger partial charge in [-0.2, -0.15) is 4.98 Å². The predicted molar refractivity (Wildman–Crippen MR) is 94.4 cm³/mol. The van der Waals surface area contributed by atoms with Crippen LogP contribution in [0.4, 0.5) is 0 Å². The number of nitrogens with zero attached hydrogens (tertiary/aromatic N) is 3. The van der Waals surface area contributed by atoms with Gasteiger partial charge in [0, 0.05) is 34.8 Å². The molecule has 0 aliphatic carbocycles. The molecule has 2 aromatic rings. The molecule has 3 rings (SSSR count). The van der Waals surface area contributed by atoms with Gasteiger partial charge in [-0.1, -0.05) is 35.0 Å². The van der Waals surface area contributed by atoms with E-state index in [0.29, 0.717) is 28.0 Å². The van der Waals surface area contributed by atoms with E-state index >= 15 is 0 Å². The summed E-state index contributed by atoms with van der Waals surface area (Å²) in [7, 11) is 1.36. The van der Waals surface area contributed by atoms with Crippen molar-refractivity contribution in [1.29, 1.82) is 0 Å². The van der Waals surface area contributed by atoms with Crippen molar-refractivity contribution in [3.8, 4) is 0 Å². The van der Waals surface area contributed by atoms with E-state index in [1.165, 1.54) is 7.11 Å². The number of carbonyl (C=O) groups excluding carboxylic acids is 1. The molecule has 1 aliphatic heterocycles. The standard InChI is InChI=1S/C18H18ClN3O3/c1-9-14(17-21-11(3)25-22-17)16(12-7-5-6-8-13(12)19)15(10(2)20-9)18(23)24-4/h5-8,15-16H,1-4H3. The van der Waals surface area contributed by atoms with Gasteiger partial charge in [-0.15, -0.1) is 0 Å². The van der Waals surface area contributed by atoms with Crippen LogP contribution in [-0.4, -0.2) is 28.9 Å². The van der Waals surface area contributed by atoms with Gasteiger partial charge in [-0.3, -0.25) is 9.79 Å². The first-order chi connectivity index (χ1) is 11.9. The van der Waals surface area contributed by atoms with E-state index < -0.39 is 11.8 Å². The fourth-order valence-corrected chi connectivity index (χ4v) is 3.49. The van der Waals surface area contributed by atoms with Crippen molar-refractivity contribution < 1.29 is 14.1 Å². The fourth-order valence-electron chi connectivity index (χ4n) is 3.23. The summed E-state index contributed by atoms with van der Waals surface area (Å²) in [6, 6.07) is 7.41. The third-order valence-corrected chi connectivity index (χ3v) is 4.64. The lowest BCUT2D eigenvalue weighted by Gasteiger charge is -2.31. The average molecular weight is 360 g/mol. The van der Waals surface area contributed by atoms with E-state index in [9.17, 15) is 4.79 Å². The number of aliphatic imine (C=N–C) groups is 1. The van der Waals surface area contributed by atoms with Crippen LogP contribution in [0.1, 0.15) is 37.0 Å². The maximum atomic E-state index is 12.5. The number of rotatable bonds is 3. The summed E-state index contributed by atoms with van der Waals surface area (Å²) in [5.41, 5.74) is 2.90. The molecule has 2 heterocycles. The molecule has 0 fully saturated rings. The number of carbonyl (C=O) groups is 1. The second kappa shape index (κ2) is 6.80. The van der Waals surface area contributed by atoms with E-state index in [1.807, 2.05) is 32.0 Å². The first-order valence-corrected chi connectivity index (χ1v) is 8.20. The first kappa shape index (κ1) is 17.4. The summed E-state index contributed by atoms with van der Waals surface area (Å²) in [5.74, 6) is -0.548. The van der Waals surface area contributed by atoms with E-state index in [0.717, 1.165) is 11.3 Å². The molecule has 0 spiro atoms. The Kier molecular flexibility index (Phi) is 4.72. The number of benzene rings is 1. The Labute approximate surface area is 150 Å². The summed E-state index contributed by atoms with van der Waals surface area (Å²) in [4.78, 5) is 21.4. The van der Waals surface area contributed by atoms with Gasteiger partial charge in [0.25, 0.3) is 0 Å². The fraction of sp³-hybridized carbons (Fsp3) is 0.333. The van der Waals surface area contributed by atoms with Crippen LogP contribution in [0.2, 0.25) is 5.02 Å². The minimum atomic E-state index is -0.609. The van der Waals surface area contributed by atoms with Crippen molar-refractivity contribution in [1.82, 2.24) is 10.1 Å². The normalized spacial score (nSPS) is 20.4. The molecule has 25 heavy (non-hydrogen) atoms. The maximum absolute atomic E-state index is 12.5. The number of allylic oxidation sites excluding steroid dienone is 2. The van der Waals surface area contributed by atoms with Gasteiger partial charge < -0.3 is 9.26 Å². The summed E-state index contributed by atoms with van der Waals surface area (Å²) >= 11 is 6.45. The molecule has 0 bridgehead atoms. The first-order valence-electron chi connectivity index (χ1n) is 7.83. The number of aryl methyl sites for hydroxylation is 1. The number of ether oxygens (including phenoxy) is 1. The van der Waals surface area contributed by atoms with Gasteiger partial charge in [-0.25, -0.2) is 0 Å². The lowest BCUT2D eigenvalue weighted by molar-refractivity contribution is -0.143. The summed E-state index contributed by atoms with van der Waals surface area (Å²) in [6.45, 7) is 5.39. The zero-order valence-electron chi connectivity index (χ0n) is 14.4. The summed E-state index contributed by atoms with van der Waals surface area (Å²) in [6.07, 6.45) is 0. The van der Waals surface area contributed by atoms with Gasteiger partial charge in [0.15, 0.2) is 0 Å². The lowest BCUT2D eigenvalue weighted by atomic mass is 9.75. The molecule has 1 aliphatic rings. The molecule has 0 radical (unpaired) electrons. The van der Waals surface area contributed by atoms with Crippen molar-refractivity contribution in [3.63, 3.8) is 0 Å². The van der Waals surface area contributed by atoms with Gasteiger partial charge in [0.05, 0.1) is 7.11 Å². The number of hydrogen-bond acceptors (Lipinski definition) is 6.